The summed E-state index contributed by atoms with van der Waals surface area (Å²) in [5.74, 6) is -0.935. The third-order valence-electron chi connectivity index (χ3n) is 0.765. The van der Waals surface area contributed by atoms with Crippen molar-refractivity contribution in [2.24, 2.45) is 0 Å². The van der Waals surface area contributed by atoms with E-state index in [1.54, 1.807) is 0 Å². The Morgan fingerprint density at radius 1 is 1.25 bits per heavy atom. The molecule has 1 rings (SSSR count). The number of rotatable bonds is 1. The molecule has 5 heteroatoms. The molecule has 0 amide bonds. The Bertz CT molecular complexity index is 209. The summed E-state index contributed by atoms with van der Waals surface area (Å²) in [5.41, 5.74) is 0.176. The summed E-state index contributed by atoms with van der Waals surface area (Å²) in [6.45, 7) is 4.60. The Kier molecular flexibility index (Phi) is 5.08. The van der Waals surface area contributed by atoms with Crippen LogP contribution in [0.2, 0.25) is 0 Å². The van der Waals surface area contributed by atoms with Crippen LogP contribution < -0.4 is 0 Å². The van der Waals surface area contributed by atoms with Crippen molar-refractivity contribution in [1.82, 2.24) is 15.0 Å². The minimum Gasteiger partial charge on any atom is -0.478 e. The van der Waals surface area contributed by atoms with E-state index >= 15 is 0 Å². The largest absolute Gasteiger partial charge is 0.478 e. The van der Waals surface area contributed by atoms with Gasteiger partial charge in [-0.15, -0.1) is 0 Å². The third-order valence-corrected chi connectivity index (χ3v) is 0.765. The molecule has 0 spiro atoms. The quantitative estimate of drug-likeness (QED) is 0.617. The van der Waals surface area contributed by atoms with Gasteiger partial charge in [-0.2, -0.15) is 0 Å². The van der Waals surface area contributed by atoms with Crippen LogP contribution in [-0.4, -0.2) is 26.0 Å². The zero-order valence-electron chi connectivity index (χ0n) is 6.64. The normalized spacial score (nSPS) is 7.75. The number of nitrogens with zero attached hydrogens (tertiary/aromatic N) is 3. The van der Waals surface area contributed by atoms with Crippen molar-refractivity contribution in [2.45, 2.75) is 6.92 Å². The van der Waals surface area contributed by atoms with Gasteiger partial charge in [0.2, 0.25) is 0 Å². The molecular weight excluding hydrogens is 158 g/mol. The van der Waals surface area contributed by atoms with Crippen LogP contribution in [0.3, 0.4) is 0 Å². The Hall–Kier alpha value is -1.78. The van der Waals surface area contributed by atoms with Gasteiger partial charge in [-0.25, -0.2) is 19.7 Å². The summed E-state index contributed by atoms with van der Waals surface area (Å²) >= 11 is 0. The Morgan fingerprint density at radius 3 is 1.58 bits per heavy atom. The van der Waals surface area contributed by atoms with E-state index in [1.807, 2.05) is 0 Å². The van der Waals surface area contributed by atoms with Gasteiger partial charge in [0.05, 0.1) is 0 Å². The van der Waals surface area contributed by atoms with Crippen LogP contribution in [0.1, 0.15) is 6.92 Å². The second-order valence-electron chi connectivity index (χ2n) is 1.88. The lowest BCUT2D eigenvalue weighted by molar-refractivity contribution is -0.132. The van der Waals surface area contributed by atoms with Crippen molar-refractivity contribution in [1.29, 1.82) is 0 Å². The molecular formula is C7H9N3O2. The molecule has 0 aromatic carbocycles. The van der Waals surface area contributed by atoms with Gasteiger partial charge in [0.1, 0.15) is 19.0 Å². The average molecular weight is 167 g/mol. The molecule has 0 saturated heterocycles. The summed E-state index contributed by atoms with van der Waals surface area (Å²) in [6, 6.07) is 0. The first kappa shape index (κ1) is 10.2. The van der Waals surface area contributed by atoms with E-state index < -0.39 is 5.97 Å². The van der Waals surface area contributed by atoms with Crippen LogP contribution in [0.15, 0.2) is 31.1 Å². The van der Waals surface area contributed by atoms with Gasteiger partial charge >= 0.3 is 5.97 Å². The summed E-state index contributed by atoms with van der Waals surface area (Å²) in [7, 11) is 0. The van der Waals surface area contributed by atoms with Gasteiger partial charge in [0, 0.05) is 5.57 Å². The van der Waals surface area contributed by atoms with Crippen molar-refractivity contribution in [3.8, 4) is 0 Å². The monoisotopic (exact) mass is 167 g/mol. The molecule has 0 saturated carbocycles. The molecule has 0 unspecified atom stereocenters. The van der Waals surface area contributed by atoms with Crippen LogP contribution in [0.5, 0.6) is 0 Å². The Morgan fingerprint density at radius 2 is 1.50 bits per heavy atom. The van der Waals surface area contributed by atoms with Crippen molar-refractivity contribution < 1.29 is 9.90 Å². The molecule has 1 aromatic heterocycles. The van der Waals surface area contributed by atoms with Crippen LogP contribution in [0.25, 0.3) is 0 Å². The second kappa shape index (κ2) is 5.96. The minimum atomic E-state index is -0.935. The first-order valence-electron chi connectivity index (χ1n) is 3.08. The molecule has 0 atom stereocenters. The van der Waals surface area contributed by atoms with Crippen LogP contribution in [-0.2, 0) is 4.79 Å². The highest BCUT2D eigenvalue weighted by Gasteiger charge is 1.90. The molecule has 1 aromatic rings. The van der Waals surface area contributed by atoms with E-state index in [9.17, 15) is 4.79 Å². The van der Waals surface area contributed by atoms with E-state index in [1.165, 1.54) is 25.9 Å². The molecule has 1 heterocycles. The summed E-state index contributed by atoms with van der Waals surface area (Å²) in [4.78, 5) is 20.3. The fourth-order valence-electron chi connectivity index (χ4n) is 0.205. The highest BCUT2D eigenvalue weighted by atomic mass is 16.4. The molecule has 0 aliphatic carbocycles. The number of hydrogen-bond acceptors (Lipinski definition) is 4. The van der Waals surface area contributed by atoms with E-state index in [2.05, 4.69) is 21.5 Å². The maximum atomic E-state index is 9.60. The van der Waals surface area contributed by atoms with Gasteiger partial charge in [0.15, 0.2) is 0 Å². The van der Waals surface area contributed by atoms with Crippen LogP contribution in [0.4, 0.5) is 0 Å². The van der Waals surface area contributed by atoms with Crippen molar-refractivity contribution >= 4 is 5.97 Å². The number of hydrogen-bond donors (Lipinski definition) is 1. The number of carboxylic acid groups (broad SMARTS) is 1. The maximum absolute atomic E-state index is 9.60. The fraction of sp³-hybridized carbons (Fsp3) is 0.143. The highest BCUT2D eigenvalue weighted by molar-refractivity contribution is 5.84. The van der Waals surface area contributed by atoms with Gasteiger partial charge < -0.3 is 5.11 Å². The molecule has 0 aliphatic rings. The van der Waals surface area contributed by atoms with Gasteiger partial charge in [-0.05, 0) is 6.92 Å². The molecule has 64 valence electrons. The average Bonchev–Trinajstić information content (AvgIpc) is 2.08. The topological polar surface area (TPSA) is 76.0 Å². The summed E-state index contributed by atoms with van der Waals surface area (Å²) in [6.07, 6.45) is 4.31. The van der Waals surface area contributed by atoms with Gasteiger partial charge in [-0.1, -0.05) is 6.58 Å². The predicted octanol–water partition coefficient (Wildman–Crippen LogP) is 0.519. The first-order chi connectivity index (χ1) is 5.64. The van der Waals surface area contributed by atoms with Crippen LogP contribution >= 0.6 is 0 Å². The minimum absolute atomic E-state index is 0.176. The molecule has 5 nitrogen and oxygen atoms in total. The second-order valence-corrected chi connectivity index (χ2v) is 1.88. The first-order valence-corrected chi connectivity index (χ1v) is 3.08. The molecule has 0 fully saturated rings. The predicted molar refractivity (Wildman–Crippen MR) is 42.3 cm³/mol. The number of carboxylic acids is 1. The summed E-state index contributed by atoms with van der Waals surface area (Å²) in [5, 5.41) is 7.89. The van der Waals surface area contributed by atoms with Gasteiger partial charge in [-0.3, -0.25) is 0 Å². The zero-order chi connectivity index (χ0) is 9.40. The number of aromatic nitrogens is 3. The lowest BCUT2D eigenvalue weighted by atomic mass is 10.4. The fourth-order valence-corrected chi connectivity index (χ4v) is 0.205. The van der Waals surface area contributed by atoms with E-state index in [0.717, 1.165) is 0 Å². The van der Waals surface area contributed by atoms with Crippen LogP contribution in [0, 0.1) is 0 Å². The smallest absolute Gasteiger partial charge is 0.330 e. The molecule has 0 radical (unpaired) electrons. The standard InChI is InChI=1S/C4H6O2.C3H3N3/c1-3(2)4(5)6;1-4-2-6-3-5-1/h1H2,2H3,(H,5,6);1-3H. The van der Waals surface area contributed by atoms with Crippen molar-refractivity contribution in [3.05, 3.63) is 31.1 Å². The lowest BCUT2D eigenvalue weighted by Gasteiger charge is -1.79. The number of aliphatic carboxylic acids is 1. The maximum Gasteiger partial charge on any atom is 0.330 e. The van der Waals surface area contributed by atoms with E-state index in [0.29, 0.717) is 0 Å². The van der Waals surface area contributed by atoms with E-state index in [4.69, 9.17) is 5.11 Å². The Labute approximate surface area is 69.8 Å². The van der Waals surface area contributed by atoms with Crippen molar-refractivity contribution in [3.63, 3.8) is 0 Å². The Balaban J connectivity index is 0.000000202. The molecule has 1 N–H and O–H groups in total. The van der Waals surface area contributed by atoms with E-state index in [-0.39, 0.29) is 5.57 Å². The van der Waals surface area contributed by atoms with Crippen molar-refractivity contribution in [2.75, 3.05) is 0 Å². The summed E-state index contributed by atoms with van der Waals surface area (Å²) < 4.78 is 0. The lowest BCUT2D eigenvalue weighted by Crippen LogP contribution is -1.92. The number of carbonyl (C=O) groups is 1. The van der Waals surface area contributed by atoms with Gasteiger partial charge in [0.25, 0.3) is 0 Å². The molecule has 0 bridgehead atoms. The SMILES string of the molecule is C=C(C)C(=O)O.c1ncncn1. The molecule has 0 aliphatic heterocycles. The molecule has 12 heavy (non-hydrogen) atoms. The highest BCUT2D eigenvalue weighted by Crippen LogP contribution is 1.81. The zero-order valence-corrected chi connectivity index (χ0v) is 6.64. The third kappa shape index (κ3) is 6.34.